The molecule has 0 aliphatic heterocycles. The Balaban J connectivity index is 2.50. The molecule has 3 heteroatoms. The highest BCUT2D eigenvalue weighted by atomic mass is 32.2. The van der Waals surface area contributed by atoms with Crippen molar-refractivity contribution in [3.05, 3.63) is 35.6 Å². The van der Waals surface area contributed by atoms with Crippen LogP contribution in [0, 0.1) is 11.7 Å². The lowest BCUT2D eigenvalue weighted by atomic mass is 10.1. The molecule has 0 radical (unpaired) electrons. The topological polar surface area (TPSA) is 17.1 Å². The molecular formula is C13H17FOS. The molecule has 1 aromatic rings. The van der Waals surface area contributed by atoms with E-state index in [2.05, 4.69) is 20.8 Å². The number of carbonyl (C=O) groups is 1. The summed E-state index contributed by atoms with van der Waals surface area (Å²) in [5.74, 6) is 0.786. The number of ketones is 1. The van der Waals surface area contributed by atoms with Gasteiger partial charge in [0.05, 0.1) is 5.75 Å². The molecule has 0 saturated heterocycles. The Morgan fingerprint density at radius 1 is 1.25 bits per heavy atom. The lowest BCUT2D eigenvalue weighted by molar-refractivity contribution is 0.102. The van der Waals surface area contributed by atoms with E-state index in [4.69, 9.17) is 0 Å². The molecule has 1 unspecified atom stereocenters. The van der Waals surface area contributed by atoms with Crippen molar-refractivity contribution in [3.63, 3.8) is 0 Å². The predicted octanol–water partition coefficient (Wildman–Crippen LogP) is 3.79. The van der Waals surface area contributed by atoms with Gasteiger partial charge in [-0.2, -0.15) is 11.8 Å². The van der Waals surface area contributed by atoms with E-state index in [0.29, 0.717) is 22.5 Å². The zero-order valence-corrected chi connectivity index (χ0v) is 10.7. The van der Waals surface area contributed by atoms with Crippen LogP contribution in [0.2, 0.25) is 0 Å². The molecule has 0 N–H and O–H groups in total. The zero-order chi connectivity index (χ0) is 12.1. The third-order valence-corrected chi connectivity index (χ3v) is 4.08. The van der Waals surface area contributed by atoms with Crippen molar-refractivity contribution < 1.29 is 9.18 Å². The van der Waals surface area contributed by atoms with Gasteiger partial charge in [0.2, 0.25) is 0 Å². The highest BCUT2D eigenvalue weighted by Crippen LogP contribution is 2.19. The van der Waals surface area contributed by atoms with Crippen LogP contribution >= 0.6 is 11.8 Å². The number of benzene rings is 1. The molecule has 0 saturated carbocycles. The van der Waals surface area contributed by atoms with Crippen LogP contribution in [0.25, 0.3) is 0 Å². The van der Waals surface area contributed by atoms with Gasteiger partial charge in [0.25, 0.3) is 0 Å². The van der Waals surface area contributed by atoms with E-state index in [0.717, 1.165) is 0 Å². The molecule has 0 spiro atoms. The first kappa shape index (κ1) is 13.2. The maximum absolute atomic E-state index is 12.7. The number of halogens is 1. The van der Waals surface area contributed by atoms with Gasteiger partial charge in [0.15, 0.2) is 5.78 Å². The molecule has 0 bridgehead atoms. The standard InChI is InChI=1S/C13H17FOS/c1-9(2)10(3)16-8-13(15)11-4-6-12(14)7-5-11/h4-7,9-10H,8H2,1-3H3. The van der Waals surface area contributed by atoms with E-state index in [-0.39, 0.29) is 11.6 Å². The van der Waals surface area contributed by atoms with Gasteiger partial charge < -0.3 is 0 Å². The van der Waals surface area contributed by atoms with E-state index >= 15 is 0 Å². The fourth-order valence-electron chi connectivity index (χ4n) is 1.12. The molecule has 0 amide bonds. The van der Waals surface area contributed by atoms with E-state index in [1.54, 1.807) is 11.8 Å². The van der Waals surface area contributed by atoms with Gasteiger partial charge in [-0.15, -0.1) is 0 Å². The Hall–Kier alpha value is -0.830. The minimum absolute atomic E-state index is 0.0671. The van der Waals surface area contributed by atoms with Crippen LogP contribution in [0.1, 0.15) is 31.1 Å². The summed E-state index contributed by atoms with van der Waals surface area (Å²) in [7, 11) is 0. The average molecular weight is 240 g/mol. The summed E-state index contributed by atoms with van der Waals surface area (Å²) in [6, 6.07) is 5.73. The number of carbonyl (C=O) groups excluding carboxylic acids is 1. The van der Waals surface area contributed by atoms with Crippen molar-refractivity contribution in [2.24, 2.45) is 5.92 Å². The second kappa shape index (κ2) is 6.04. The van der Waals surface area contributed by atoms with Crippen molar-refractivity contribution in [2.45, 2.75) is 26.0 Å². The largest absolute Gasteiger partial charge is 0.293 e. The van der Waals surface area contributed by atoms with Gasteiger partial charge in [-0.25, -0.2) is 4.39 Å². The summed E-state index contributed by atoms with van der Waals surface area (Å²) in [4.78, 5) is 11.7. The second-order valence-electron chi connectivity index (χ2n) is 4.19. The molecule has 0 heterocycles. The summed E-state index contributed by atoms with van der Waals surface area (Å²) in [5.41, 5.74) is 0.588. The molecule has 1 nitrogen and oxygen atoms in total. The van der Waals surface area contributed by atoms with Crippen LogP contribution in [-0.4, -0.2) is 16.8 Å². The number of rotatable bonds is 5. The monoisotopic (exact) mass is 240 g/mol. The van der Waals surface area contributed by atoms with Gasteiger partial charge in [-0.05, 0) is 30.2 Å². The smallest absolute Gasteiger partial charge is 0.172 e. The molecule has 0 aliphatic rings. The van der Waals surface area contributed by atoms with Gasteiger partial charge in [-0.1, -0.05) is 20.8 Å². The zero-order valence-electron chi connectivity index (χ0n) is 9.87. The van der Waals surface area contributed by atoms with Gasteiger partial charge in [0, 0.05) is 10.8 Å². The molecule has 0 aliphatic carbocycles. The first-order valence-electron chi connectivity index (χ1n) is 5.41. The third-order valence-electron chi connectivity index (χ3n) is 2.58. The van der Waals surface area contributed by atoms with Crippen molar-refractivity contribution in [2.75, 3.05) is 5.75 Å². The molecular weight excluding hydrogens is 223 g/mol. The Labute approximate surface area is 100 Å². The van der Waals surface area contributed by atoms with Gasteiger partial charge >= 0.3 is 0 Å². The Morgan fingerprint density at radius 3 is 2.31 bits per heavy atom. The fraction of sp³-hybridized carbons (Fsp3) is 0.462. The normalized spacial score (nSPS) is 12.8. The Morgan fingerprint density at radius 2 is 1.81 bits per heavy atom. The van der Waals surface area contributed by atoms with E-state index in [1.807, 2.05) is 0 Å². The second-order valence-corrected chi connectivity index (χ2v) is 5.56. The molecule has 0 aromatic heterocycles. The fourth-order valence-corrected chi connectivity index (χ4v) is 2.08. The highest BCUT2D eigenvalue weighted by molar-refractivity contribution is 8.00. The quantitative estimate of drug-likeness (QED) is 0.728. The van der Waals surface area contributed by atoms with Crippen molar-refractivity contribution >= 4 is 17.5 Å². The van der Waals surface area contributed by atoms with E-state index in [9.17, 15) is 9.18 Å². The minimum Gasteiger partial charge on any atom is -0.293 e. The Bertz CT molecular complexity index is 345. The van der Waals surface area contributed by atoms with Crippen LogP contribution in [0.15, 0.2) is 24.3 Å². The number of hydrogen-bond acceptors (Lipinski definition) is 2. The summed E-state index contributed by atoms with van der Waals surface area (Å²) in [6.45, 7) is 6.40. The number of hydrogen-bond donors (Lipinski definition) is 0. The van der Waals surface area contributed by atoms with Gasteiger partial charge in [-0.3, -0.25) is 4.79 Å². The third kappa shape index (κ3) is 3.97. The molecule has 1 aromatic carbocycles. The Kier molecular flexibility index (Phi) is 5.00. The molecule has 0 fully saturated rings. The number of Topliss-reactive ketones (excluding diaryl/α,β-unsaturated/α-hetero) is 1. The van der Waals surface area contributed by atoms with Crippen LogP contribution < -0.4 is 0 Å². The van der Waals surface area contributed by atoms with Gasteiger partial charge in [0.1, 0.15) is 5.82 Å². The average Bonchev–Trinajstić information content (AvgIpc) is 2.26. The minimum atomic E-state index is -0.306. The maximum Gasteiger partial charge on any atom is 0.172 e. The maximum atomic E-state index is 12.7. The first-order valence-corrected chi connectivity index (χ1v) is 6.46. The molecule has 88 valence electrons. The molecule has 1 atom stereocenters. The number of thioether (sulfide) groups is 1. The van der Waals surface area contributed by atoms with Crippen molar-refractivity contribution in [3.8, 4) is 0 Å². The highest BCUT2D eigenvalue weighted by Gasteiger charge is 2.11. The molecule has 1 rings (SSSR count). The molecule has 16 heavy (non-hydrogen) atoms. The van der Waals surface area contributed by atoms with Crippen LogP contribution in [0.4, 0.5) is 4.39 Å². The summed E-state index contributed by atoms with van der Waals surface area (Å²) >= 11 is 1.65. The summed E-state index contributed by atoms with van der Waals surface area (Å²) in [5, 5.41) is 0.462. The summed E-state index contributed by atoms with van der Waals surface area (Å²) < 4.78 is 12.7. The lowest BCUT2D eigenvalue weighted by Gasteiger charge is -2.14. The first-order chi connectivity index (χ1) is 7.50. The van der Waals surface area contributed by atoms with E-state index in [1.165, 1.54) is 24.3 Å². The van der Waals surface area contributed by atoms with E-state index < -0.39 is 0 Å². The predicted molar refractivity (Wildman–Crippen MR) is 67.5 cm³/mol. The van der Waals surface area contributed by atoms with Crippen LogP contribution in [-0.2, 0) is 0 Å². The van der Waals surface area contributed by atoms with Crippen molar-refractivity contribution in [1.82, 2.24) is 0 Å². The van der Waals surface area contributed by atoms with Crippen molar-refractivity contribution in [1.29, 1.82) is 0 Å². The lowest BCUT2D eigenvalue weighted by Crippen LogP contribution is -2.11. The van der Waals surface area contributed by atoms with Crippen LogP contribution in [0.3, 0.4) is 0 Å². The SMILES string of the molecule is CC(C)C(C)SCC(=O)c1ccc(F)cc1. The summed E-state index contributed by atoms with van der Waals surface area (Å²) in [6.07, 6.45) is 0. The van der Waals surface area contributed by atoms with Crippen LogP contribution in [0.5, 0.6) is 0 Å².